The molecule has 154 valence electrons. The largest absolute Gasteiger partial charge is 0.454 e. The van der Waals surface area contributed by atoms with Crippen molar-refractivity contribution < 1.29 is 37.1 Å². The smallest absolute Gasteiger partial charge is 0.279 e. The number of carbonyl (C=O) groups excluding carboxylic acids is 2. The van der Waals surface area contributed by atoms with Gasteiger partial charge in [0.1, 0.15) is 0 Å². The summed E-state index contributed by atoms with van der Waals surface area (Å²) in [4.78, 5) is 24.6. The van der Waals surface area contributed by atoms with Crippen LogP contribution in [0.4, 0.5) is 18.9 Å². The first-order valence-corrected chi connectivity index (χ1v) is 8.73. The van der Waals surface area contributed by atoms with Crippen LogP contribution in [0.15, 0.2) is 30.3 Å². The molecule has 3 rings (SSSR count). The minimum Gasteiger partial charge on any atom is -0.454 e. The molecule has 10 heteroatoms. The lowest BCUT2D eigenvalue weighted by Crippen LogP contribution is -3.11. The minimum absolute atomic E-state index is 0.0156. The van der Waals surface area contributed by atoms with Gasteiger partial charge in [-0.05, 0) is 29.8 Å². The van der Waals surface area contributed by atoms with Crippen molar-refractivity contribution in [1.29, 1.82) is 0 Å². The second-order valence-electron chi connectivity index (χ2n) is 6.55. The van der Waals surface area contributed by atoms with Gasteiger partial charge in [-0.3, -0.25) is 9.59 Å². The van der Waals surface area contributed by atoms with Crippen molar-refractivity contribution in [1.82, 2.24) is 5.32 Å². The molecule has 1 aliphatic heterocycles. The Kier molecular flexibility index (Phi) is 6.23. The summed E-state index contributed by atoms with van der Waals surface area (Å²) < 4.78 is 50.2. The molecule has 2 amide bonds. The highest BCUT2D eigenvalue weighted by Crippen LogP contribution is 2.32. The number of nitrogens with one attached hydrogen (secondary N) is 3. The summed E-state index contributed by atoms with van der Waals surface area (Å²) in [6, 6.07) is 6.97. The molecule has 3 N–H and O–H groups in total. The maximum Gasteiger partial charge on any atom is 0.279 e. The van der Waals surface area contributed by atoms with E-state index in [-0.39, 0.29) is 32.3 Å². The molecular weight excluding hydrogens is 391 g/mol. The van der Waals surface area contributed by atoms with E-state index in [2.05, 4.69) is 10.6 Å². The lowest BCUT2D eigenvalue weighted by molar-refractivity contribution is -0.862. The highest BCUT2D eigenvalue weighted by atomic mass is 19.2. The summed E-state index contributed by atoms with van der Waals surface area (Å²) >= 11 is 0. The number of rotatable bonds is 7. The molecule has 0 saturated carbocycles. The van der Waals surface area contributed by atoms with Gasteiger partial charge in [-0.1, -0.05) is 6.07 Å². The number of amides is 2. The van der Waals surface area contributed by atoms with Gasteiger partial charge in [-0.2, -0.15) is 0 Å². The van der Waals surface area contributed by atoms with Crippen molar-refractivity contribution in [3.63, 3.8) is 0 Å². The molecule has 1 unspecified atom stereocenters. The Hall–Kier alpha value is -3.27. The van der Waals surface area contributed by atoms with Crippen LogP contribution in [0.5, 0.6) is 11.5 Å². The number of hydrogen-bond donors (Lipinski definition) is 3. The Bertz CT molecular complexity index is 939. The summed E-state index contributed by atoms with van der Waals surface area (Å²) in [5.74, 6) is -4.16. The predicted molar refractivity (Wildman–Crippen MR) is 96.0 cm³/mol. The van der Waals surface area contributed by atoms with E-state index in [1.54, 1.807) is 25.2 Å². The lowest BCUT2D eigenvalue weighted by atomic mass is 10.2. The Morgan fingerprint density at radius 2 is 1.72 bits per heavy atom. The average Bonchev–Trinajstić information content (AvgIpc) is 3.14. The fourth-order valence-corrected chi connectivity index (χ4v) is 2.74. The molecule has 0 aromatic heterocycles. The molecule has 0 aliphatic carbocycles. The van der Waals surface area contributed by atoms with Gasteiger partial charge in [0.05, 0.1) is 12.7 Å². The summed E-state index contributed by atoms with van der Waals surface area (Å²) in [6.45, 7) is 0.249. The van der Waals surface area contributed by atoms with Gasteiger partial charge in [0, 0.05) is 6.54 Å². The third-order valence-electron chi connectivity index (χ3n) is 4.16. The van der Waals surface area contributed by atoms with Crippen LogP contribution < -0.4 is 25.0 Å². The number of likely N-dealkylation sites (N-methyl/N-ethyl adjacent to an activating group) is 1. The molecule has 1 aliphatic rings. The second-order valence-corrected chi connectivity index (χ2v) is 6.55. The molecule has 2 aromatic rings. The van der Waals surface area contributed by atoms with Crippen molar-refractivity contribution in [3.05, 3.63) is 53.3 Å². The van der Waals surface area contributed by atoms with Crippen LogP contribution >= 0.6 is 0 Å². The number of quaternary nitrogens is 1. The zero-order valence-corrected chi connectivity index (χ0v) is 15.5. The van der Waals surface area contributed by atoms with Crippen molar-refractivity contribution in [2.75, 3.05) is 32.2 Å². The minimum atomic E-state index is -1.66. The summed E-state index contributed by atoms with van der Waals surface area (Å²) in [5, 5.41) is 4.89. The highest BCUT2D eigenvalue weighted by Gasteiger charge is 2.19. The maximum absolute atomic E-state index is 13.6. The van der Waals surface area contributed by atoms with E-state index >= 15 is 0 Å². The fraction of sp³-hybridized carbons (Fsp3) is 0.263. The van der Waals surface area contributed by atoms with Crippen molar-refractivity contribution in [2.24, 2.45) is 0 Å². The maximum atomic E-state index is 13.6. The lowest BCUT2D eigenvalue weighted by Gasteiger charge is -2.14. The van der Waals surface area contributed by atoms with Crippen LogP contribution in [-0.2, 0) is 16.1 Å². The summed E-state index contributed by atoms with van der Waals surface area (Å²) in [7, 11) is 1.60. The molecule has 7 nitrogen and oxygen atoms in total. The van der Waals surface area contributed by atoms with E-state index in [1.165, 1.54) is 0 Å². The number of ether oxygens (including phenoxy) is 2. The van der Waals surface area contributed by atoms with Crippen LogP contribution in [0.25, 0.3) is 0 Å². The van der Waals surface area contributed by atoms with Gasteiger partial charge in [0.25, 0.3) is 11.8 Å². The number of hydrogen-bond acceptors (Lipinski definition) is 4. The molecule has 0 saturated heterocycles. The molecule has 0 spiro atoms. The van der Waals surface area contributed by atoms with Crippen LogP contribution in [-0.4, -0.2) is 38.7 Å². The summed E-state index contributed by atoms with van der Waals surface area (Å²) in [6.07, 6.45) is 0. The first kappa shape index (κ1) is 20.5. The molecular formula is C19H19F3N3O4+. The van der Waals surface area contributed by atoms with Crippen LogP contribution in [0.2, 0.25) is 0 Å². The van der Waals surface area contributed by atoms with Gasteiger partial charge in [0.15, 0.2) is 42.0 Å². The topological polar surface area (TPSA) is 81.1 Å². The quantitative estimate of drug-likeness (QED) is 0.584. The zero-order valence-electron chi connectivity index (χ0n) is 15.5. The normalized spacial score (nSPS) is 13.1. The summed E-state index contributed by atoms with van der Waals surface area (Å²) in [5.41, 5.74) is 0.362. The van der Waals surface area contributed by atoms with E-state index < -0.39 is 29.0 Å². The number of anilines is 1. The Balaban J connectivity index is 1.45. The first-order valence-electron chi connectivity index (χ1n) is 8.73. The molecule has 0 fully saturated rings. The van der Waals surface area contributed by atoms with E-state index in [4.69, 9.17) is 9.47 Å². The third kappa shape index (κ3) is 5.17. The molecule has 29 heavy (non-hydrogen) atoms. The average molecular weight is 410 g/mol. The van der Waals surface area contributed by atoms with Crippen LogP contribution in [0.3, 0.4) is 0 Å². The molecule has 1 atom stereocenters. The van der Waals surface area contributed by atoms with Crippen molar-refractivity contribution in [3.8, 4) is 11.5 Å². The van der Waals surface area contributed by atoms with Crippen LogP contribution in [0, 0.1) is 17.5 Å². The van der Waals surface area contributed by atoms with Gasteiger partial charge in [-0.25, -0.2) is 13.2 Å². The number of benzene rings is 2. The van der Waals surface area contributed by atoms with Crippen LogP contribution in [0.1, 0.15) is 5.56 Å². The Morgan fingerprint density at radius 1 is 1.00 bits per heavy atom. The fourth-order valence-electron chi connectivity index (χ4n) is 2.74. The number of carbonyl (C=O) groups is 2. The predicted octanol–water partition coefficient (Wildman–Crippen LogP) is 0.602. The van der Waals surface area contributed by atoms with E-state index in [0.29, 0.717) is 22.5 Å². The zero-order chi connectivity index (χ0) is 21.0. The van der Waals surface area contributed by atoms with E-state index in [9.17, 15) is 22.8 Å². The van der Waals surface area contributed by atoms with Crippen molar-refractivity contribution >= 4 is 17.5 Å². The second kappa shape index (κ2) is 8.82. The third-order valence-corrected chi connectivity index (χ3v) is 4.16. The van der Waals surface area contributed by atoms with Gasteiger partial charge in [-0.15, -0.1) is 0 Å². The molecule has 2 aromatic carbocycles. The molecule has 0 radical (unpaired) electrons. The Morgan fingerprint density at radius 3 is 2.52 bits per heavy atom. The molecule has 0 bridgehead atoms. The standard InChI is InChI=1S/C19H18F3N3O4/c1-25(9-17(27)24-13-4-3-12(20)18(21)19(13)22)8-16(26)23-7-11-2-5-14-15(6-11)29-10-28-14/h2-6H,7-10H2,1H3,(H,23,26)(H,24,27)/p+1. The highest BCUT2D eigenvalue weighted by molar-refractivity contribution is 5.91. The van der Waals surface area contributed by atoms with Gasteiger partial charge < -0.3 is 25.0 Å². The Labute approximate surface area is 164 Å². The van der Waals surface area contributed by atoms with Crippen molar-refractivity contribution in [2.45, 2.75) is 6.54 Å². The first-order chi connectivity index (χ1) is 13.8. The monoisotopic (exact) mass is 410 g/mol. The number of halogens is 3. The van der Waals surface area contributed by atoms with E-state index in [1.807, 2.05) is 0 Å². The SMILES string of the molecule is C[NH+](CC(=O)NCc1ccc2c(c1)OCO2)CC(=O)Nc1ccc(F)c(F)c1F. The van der Waals surface area contributed by atoms with E-state index in [0.717, 1.165) is 11.6 Å². The number of fused-ring (bicyclic) bond motifs is 1. The molecule has 1 heterocycles. The van der Waals surface area contributed by atoms with Gasteiger partial charge in [0.2, 0.25) is 6.79 Å². The van der Waals surface area contributed by atoms with Gasteiger partial charge >= 0.3 is 0 Å².